The molecular weight excluding hydrogens is 218 g/mol. The number of fused-ring (bicyclic) bond motifs is 2. The number of carboxylic acids is 1. The standard InChI is InChI=1S/C13H17NO3/c1-2-5-14(8-12(15)16)13(17)11-7-9-3-4-10(11)6-9/h1,9-11H,3-8H2,(H,15,16). The van der Waals surface area contributed by atoms with Crippen molar-refractivity contribution in [3.8, 4) is 12.3 Å². The molecule has 2 aliphatic carbocycles. The smallest absolute Gasteiger partial charge is 0.323 e. The first kappa shape index (κ1) is 12.0. The van der Waals surface area contributed by atoms with Gasteiger partial charge in [0.25, 0.3) is 0 Å². The summed E-state index contributed by atoms with van der Waals surface area (Å²) in [6.45, 7) is -0.185. The molecule has 2 aliphatic rings. The highest BCUT2D eigenvalue weighted by atomic mass is 16.4. The number of hydrogen-bond donors (Lipinski definition) is 1. The SMILES string of the molecule is C#CCN(CC(=O)O)C(=O)C1CC2CCC1C2. The highest BCUT2D eigenvalue weighted by Crippen LogP contribution is 2.48. The number of amides is 1. The van der Waals surface area contributed by atoms with Gasteiger partial charge in [0, 0.05) is 5.92 Å². The lowest BCUT2D eigenvalue weighted by atomic mass is 9.87. The molecule has 17 heavy (non-hydrogen) atoms. The molecule has 0 spiro atoms. The minimum absolute atomic E-state index is 0.0152. The molecule has 1 amide bonds. The van der Waals surface area contributed by atoms with E-state index in [1.54, 1.807) is 0 Å². The molecule has 0 radical (unpaired) electrons. The van der Waals surface area contributed by atoms with Gasteiger partial charge < -0.3 is 10.0 Å². The van der Waals surface area contributed by atoms with Crippen molar-refractivity contribution in [2.24, 2.45) is 17.8 Å². The van der Waals surface area contributed by atoms with Crippen molar-refractivity contribution >= 4 is 11.9 Å². The maximum absolute atomic E-state index is 12.2. The number of terminal acetylenes is 1. The fourth-order valence-electron chi connectivity index (χ4n) is 3.27. The Bertz CT molecular complexity index is 371. The summed E-state index contributed by atoms with van der Waals surface area (Å²) in [6.07, 6.45) is 9.57. The van der Waals surface area contributed by atoms with Crippen LogP contribution in [-0.2, 0) is 9.59 Å². The second-order valence-electron chi connectivity index (χ2n) is 5.07. The van der Waals surface area contributed by atoms with Crippen LogP contribution in [0.2, 0.25) is 0 Å². The largest absolute Gasteiger partial charge is 0.480 e. The quantitative estimate of drug-likeness (QED) is 0.739. The molecule has 2 rings (SSSR count). The monoisotopic (exact) mass is 235 g/mol. The Labute approximate surface area is 101 Å². The van der Waals surface area contributed by atoms with Crippen molar-refractivity contribution in [2.45, 2.75) is 25.7 Å². The molecule has 3 atom stereocenters. The van der Waals surface area contributed by atoms with Gasteiger partial charge in [-0.05, 0) is 31.1 Å². The summed E-state index contributed by atoms with van der Waals surface area (Å²) in [4.78, 5) is 24.2. The number of aliphatic carboxylic acids is 1. The molecule has 0 aromatic rings. The van der Waals surface area contributed by atoms with E-state index >= 15 is 0 Å². The average Bonchev–Trinajstić information content (AvgIpc) is 2.88. The van der Waals surface area contributed by atoms with E-state index in [0.717, 1.165) is 19.3 Å². The van der Waals surface area contributed by atoms with Crippen LogP contribution in [0.15, 0.2) is 0 Å². The first-order chi connectivity index (χ1) is 8.11. The van der Waals surface area contributed by atoms with Crippen LogP contribution in [0.25, 0.3) is 0 Å². The molecule has 0 saturated heterocycles. The van der Waals surface area contributed by atoms with Gasteiger partial charge >= 0.3 is 5.97 Å². The Balaban J connectivity index is 2.01. The van der Waals surface area contributed by atoms with Gasteiger partial charge in [-0.15, -0.1) is 6.42 Å². The highest BCUT2D eigenvalue weighted by molar-refractivity contribution is 5.84. The first-order valence-corrected chi connectivity index (χ1v) is 6.06. The van der Waals surface area contributed by atoms with E-state index in [0.29, 0.717) is 11.8 Å². The third-order valence-corrected chi connectivity index (χ3v) is 3.98. The zero-order valence-corrected chi connectivity index (χ0v) is 9.76. The summed E-state index contributed by atoms with van der Waals surface area (Å²) in [7, 11) is 0. The Morgan fingerprint density at radius 3 is 2.59 bits per heavy atom. The van der Waals surface area contributed by atoms with Gasteiger partial charge in [-0.25, -0.2) is 0 Å². The van der Waals surface area contributed by atoms with Crippen molar-refractivity contribution in [1.29, 1.82) is 0 Å². The summed E-state index contributed by atoms with van der Waals surface area (Å²) in [6, 6.07) is 0. The van der Waals surface area contributed by atoms with Gasteiger partial charge in [-0.2, -0.15) is 0 Å². The van der Waals surface area contributed by atoms with Crippen LogP contribution in [0.4, 0.5) is 0 Å². The van der Waals surface area contributed by atoms with Gasteiger partial charge in [-0.3, -0.25) is 9.59 Å². The Morgan fingerprint density at radius 1 is 1.35 bits per heavy atom. The molecule has 92 valence electrons. The Kier molecular flexibility index (Phi) is 3.37. The summed E-state index contributed by atoms with van der Waals surface area (Å²) in [5, 5.41) is 8.77. The molecule has 1 N–H and O–H groups in total. The fourth-order valence-corrected chi connectivity index (χ4v) is 3.27. The average molecular weight is 235 g/mol. The predicted molar refractivity (Wildman–Crippen MR) is 62.0 cm³/mol. The maximum atomic E-state index is 12.2. The van der Waals surface area contributed by atoms with Crippen molar-refractivity contribution < 1.29 is 14.7 Å². The summed E-state index contributed by atoms with van der Waals surface area (Å²) < 4.78 is 0. The summed E-state index contributed by atoms with van der Waals surface area (Å²) >= 11 is 0. The number of rotatable bonds is 4. The number of carbonyl (C=O) groups excluding carboxylic acids is 1. The van der Waals surface area contributed by atoms with Crippen molar-refractivity contribution in [1.82, 2.24) is 4.90 Å². The van der Waals surface area contributed by atoms with Gasteiger partial charge in [0.1, 0.15) is 6.54 Å². The molecule has 4 heteroatoms. The van der Waals surface area contributed by atoms with Crippen LogP contribution in [-0.4, -0.2) is 35.0 Å². The van der Waals surface area contributed by atoms with Crippen LogP contribution < -0.4 is 0 Å². The predicted octanol–water partition coefficient (Wildman–Crippen LogP) is 0.969. The normalized spacial score (nSPS) is 29.9. The van der Waals surface area contributed by atoms with Gasteiger partial charge in [0.2, 0.25) is 5.91 Å². The number of carboxylic acid groups (broad SMARTS) is 1. The molecule has 2 saturated carbocycles. The molecule has 0 aliphatic heterocycles. The molecule has 0 aromatic carbocycles. The van der Waals surface area contributed by atoms with E-state index in [4.69, 9.17) is 11.5 Å². The minimum Gasteiger partial charge on any atom is -0.480 e. The van der Waals surface area contributed by atoms with E-state index in [1.807, 2.05) is 0 Å². The molecule has 2 bridgehead atoms. The van der Waals surface area contributed by atoms with E-state index < -0.39 is 5.97 Å². The molecule has 4 nitrogen and oxygen atoms in total. The van der Waals surface area contributed by atoms with Crippen LogP contribution in [0.1, 0.15) is 25.7 Å². The molecule has 0 heterocycles. The Morgan fingerprint density at radius 2 is 2.12 bits per heavy atom. The minimum atomic E-state index is -1.00. The van der Waals surface area contributed by atoms with E-state index in [-0.39, 0.29) is 24.9 Å². The lowest BCUT2D eigenvalue weighted by Gasteiger charge is -2.27. The van der Waals surface area contributed by atoms with Gasteiger partial charge in [-0.1, -0.05) is 12.3 Å². The van der Waals surface area contributed by atoms with Crippen molar-refractivity contribution in [2.75, 3.05) is 13.1 Å². The summed E-state index contributed by atoms with van der Waals surface area (Å²) in [5.41, 5.74) is 0. The van der Waals surface area contributed by atoms with Crippen LogP contribution in [0.3, 0.4) is 0 Å². The Hall–Kier alpha value is -1.50. The lowest BCUT2D eigenvalue weighted by molar-refractivity contribution is -0.146. The topological polar surface area (TPSA) is 57.6 Å². The van der Waals surface area contributed by atoms with Gasteiger partial charge in [0.15, 0.2) is 0 Å². The zero-order chi connectivity index (χ0) is 12.4. The van der Waals surface area contributed by atoms with Crippen molar-refractivity contribution in [3.63, 3.8) is 0 Å². The third-order valence-electron chi connectivity index (χ3n) is 3.98. The third kappa shape index (κ3) is 2.44. The molecular formula is C13H17NO3. The van der Waals surface area contributed by atoms with E-state index in [9.17, 15) is 9.59 Å². The van der Waals surface area contributed by atoms with Crippen LogP contribution in [0, 0.1) is 30.1 Å². The molecule has 3 unspecified atom stereocenters. The molecule has 2 fully saturated rings. The zero-order valence-electron chi connectivity index (χ0n) is 9.76. The maximum Gasteiger partial charge on any atom is 0.323 e. The number of nitrogens with zero attached hydrogens (tertiary/aromatic N) is 1. The van der Waals surface area contributed by atoms with Crippen LogP contribution >= 0.6 is 0 Å². The van der Waals surface area contributed by atoms with E-state index in [2.05, 4.69) is 5.92 Å². The van der Waals surface area contributed by atoms with E-state index in [1.165, 1.54) is 11.3 Å². The van der Waals surface area contributed by atoms with Crippen molar-refractivity contribution in [3.05, 3.63) is 0 Å². The van der Waals surface area contributed by atoms with Gasteiger partial charge in [0.05, 0.1) is 6.54 Å². The second kappa shape index (κ2) is 4.79. The number of hydrogen-bond acceptors (Lipinski definition) is 2. The lowest BCUT2D eigenvalue weighted by Crippen LogP contribution is -2.41. The number of carbonyl (C=O) groups is 2. The van der Waals surface area contributed by atoms with Crippen LogP contribution in [0.5, 0.6) is 0 Å². The molecule has 0 aromatic heterocycles. The fraction of sp³-hybridized carbons (Fsp3) is 0.692. The first-order valence-electron chi connectivity index (χ1n) is 6.06. The summed E-state index contributed by atoms with van der Waals surface area (Å²) in [5.74, 6) is 2.45. The highest BCUT2D eigenvalue weighted by Gasteiger charge is 2.44. The second-order valence-corrected chi connectivity index (χ2v) is 5.07.